The molecule has 0 saturated heterocycles. The minimum Gasteiger partial charge on any atom is -0.382 e. The Labute approximate surface area is 98.7 Å². The molecule has 1 aromatic heterocycles. The number of carbonyl (C=O) groups excluding carboxylic acids is 1. The zero-order valence-corrected chi connectivity index (χ0v) is 9.34. The standard InChI is InChI=1S/C12H12N4O/c1-8-4-2-3-5-9(8)16-12(17)10-6-15-11(13)7-14-10/h2-7H,1H3,(H2,13,15)(H,16,17). The van der Waals surface area contributed by atoms with Crippen molar-refractivity contribution in [1.82, 2.24) is 9.97 Å². The number of benzene rings is 1. The van der Waals surface area contributed by atoms with Gasteiger partial charge in [-0.1, -0.05) is 18.2 Å². The highest BCUT2D eigenvalue weighted by Crippen LogP contribution is 2.13. The van der Waals surface area contributed by atoms with E-state index in [1.54, 1.807) is 0 Å². The average molecular weight is 228 g/mol. The highest BCUT2D eigenvalue weighted by Gasteiger charge is 2.08. The zero-order valence-electron chi connectivity index (χ0n) is 9.34. The van der Waals surface area contributed by atoms with Gasteiger partial charge < -0.3 is 11.1 Å². The van der Waals surface area contributed by atoms with E-state index < -0.39 is 0 Å². The molecule has 0 saturated carbocycles. The van der Waals surface area contributed by atoms with Crippen molar-refractivity contribution in [2.75, 3.05) is 11.1 Å². The topological polar surface area (TPSA) is 80.9 Å². The van der Waals surface area contributed by atoms with Crippen molar-refractivity contribution in [3.05, 3.63) is 47.9 Å². The number of hydrogen-bond acceptors (Lipinski definition) is 4. The van der Waals surface area contributed by atoms with Crippen molar-refractivity contribution in [3.63, 3.8) is 0 Å². The molecule has 0 spiro atoms. The predicted octanol–water partition coefficient (Wildman–Crippen LogP) is 1.62. The van der Waals surface area contributed by atoms with Gasteiger partial charge >= 0.3 is 0 Å². The van der Waals surface area contributed by atoms with Gasteiger partial charge in [0.15, 0.2) is 0 Å². The van der Waals surface area contributed by atoms with E-state index in [-0.39, 0.29) is 17.4 Å². The molecular weight excluding hydrogens is 216 g/mol. The van der Waals surface area contributed by atoms with Gasteiger partial charge in [0.2, 0.25) is 0 Å². The molecule has 2 aromatic rings. The van der Waals surface area contributed by atoms with Crippen LogP contribution in [0.25, 0.3) is 0 Å². The number of hydrogen-bond donors (Lipinski definition) is 2. The Morgan fingerprint density at radius 1 is 1.24 bits per heavy atom. The molecule has 17 heavy (non-hydrogen) atoms. The second-order valence-corrected chi connectivity index (χ2v) is 3.60. The Morgan fingerprint density at radius 2 is 2.00 bits per heavy atom. The van der Waals surface area contributed by atoms with Crippen LogP contribution >= 0.6 is 0 Å². The summed E-state index contributed by atoms with van der Waals surface area (Å²) >= 11 is 0. The number of rotatable bonds is 2. The quantitative estimate of drug-likeness (QED) is 0.818. The van der Waals surface area contributed by atoms with Crippen molar-refractivity contribution in [2.24, 2.45) is 0 Å². The molecule has 1 heterocycles. The predicted molar refractivity (Wildman–Crippen MR) is 65.6 cm³/mol. The van der Waals surface area contributed by atoms with E-state index in [4.69, 9.17) is 5.73 Å². The first kappa shape index (κ1) is 11.1. The summed E-state index contributed by atoms with van der Waals surface area (Å²) in [4.78, 5) is 19.5. The van der Waals surface area contributed by atoms with Crippen LogP contribution in [0, 0.1) is 6.92 Å². The van der Waals surface area contributed by atoms with Gasteiger partial charge in [0.05, 0.1) is 12.4 Å². The number of nitrogen functional groups attached to an aromatic ring is 1. The molecule has 0 atom stereocenters. The molecule has 3 N–H and O–H groups in total. The fourth-order valence-electron chi connectivity index (χ4n) is 1.35. The van der Waals surface area contributed by atoms with Crippen LogP contribution in [-0.2, 0) is 0 Å². The lowest BCUT2D eigenvalue weighted by Crippen LogP contribution is -2.14. The third kappa shape index (κ3) is 2.57. The average Bonchev–Trinajstić information content (AvgIpc) is 2.33. The lowest BCUT2D eigenvalue weighted by atomic mass is 10.2. The van der Waals surface area contributed by atoms with Crippen LogP contribution in [-0.4, -0.2) is 15.9 Å². The number of nitrogens with zero attached hydrogens (tertiary/aromatic N) is 2. The third-order valence-corrected chi connectivity index (χ3v) is 2.30. The van der Waals surface area contributed by atoms with E-state index in [1.165, 1.54) is 12.4 Å². The highest BCUT2D eigenvalue weighted by atomic mass is 16.1. The minimum atomic E-state index is -0.299. The van der Waals surface area contributed by atoms with Crippen LogP contribution in [0.1, 0.15) is 16.1 Å². The van der Waals surface area contributed by atoms with Crippen LogP contribution in [0.5, 0.6) is 0 Å². The van der Waals surface area contributed by atoms with Crippen molar-refractivity contribution in [2.45, 2.75) is 6.92 Å². The molecular formula is C12H12N4O. The second kappa shape index (κ2) is 4.61. The lowest BCUT2D eigenvalue weighted by Gasteiger charge is -2.07. The summed E-state index contributed by atoms with van der Waals surface area (Å²) in [5.41, 5.74) is 7.39. The fraction of sp³-hybridized carbons (Fsp3) is 0.0833. The van der Waals surface area contributed by atoms with Crippen LogP contribution in [0.4, 0.5) is 11.5 Å². The van der Waals surface area contributed by atoms with Crippen molar-refractivity contribution >= 4 is 17.4 Å². The molecule has 0 aliphatic carbocycles. The molecule has 0 aliphatic rings. The second-order valence-electron chi connectivity index (χ2n) is 3.60. The van der Waals surface area contributed by atoms with E-state index in [9.17, 15) is 4.79 Å². The van der Waals surface area contributed by atoms with Crippen LogP contribution < -0.4 is 11.1 Å². The van der Waals surface area contributed by atoms with Gasteiger partial charge in [-0.15, -0.1) is 0 Å². The monoisotopic (exact) mass is 228 g/mol. The largest absolute Gasteiger partial charge is 0.382 e. The number of nitrogens with two attached hydrogens (primary N) is 1. The molecule has 0 bridgehead atoms. The Morgan fingerprint density at radius 3 is 2.65 bits per heavy atom. The Balaban J connectivity index is 2.17. The maximum Gasteiger partial charge on any atom is 0.275 e. The van der Waals surface area contributed by atoms with Crippen LogP contribution in [0.3, 0.4) is 0 Å². The van der Waals surface area contributed by atoms with E-state index >= 15 is 0 Å². The maximum atomic E-state index is 11.8. The number of aromatic nitrogens is 2. The summed E-state index contributed by atoms with van der Waals surface area (Å²) in [5, 5.41) is 2.76. The smallest absolute Gasteiger partial charge is 0.275 e. The highest BCUT2D eigenvalue weighted by molar-refractivity contribution is 6.03. The van der Waals surface area contributed by atoms with E-state index in [1.807, 2.05) is 31.2 Å². The van der Waals surface area contributed by atoms with Gasteiger partial charge in [-0.3, -0.25) is 4.79 Å². The molecule has 5 nitrogen and oxygen atoms in total. The minimum absolute atomic E-state index is 0.238. The van der Waals surface area contributed by atoms with Gasteiger partial charge in [-0.25, -0.2) is 9.97 Å². The van der Waals surface area contributed by atoms with Crippen molar-refractivity contribution in [3.8, 4) is 0 Å². The lowest BCUT2D eigenvalue weighted by molar-refractivity contribution is 0.102. The van der Waals surface area contributed by atoms with Gasteiger partial charge in [0.25, 0.3) is 5.91 Å². The summed E-state index contributed by atoms with van der Waals surface area (Å²) in [7, 11) is 0. The molecule has 0 fully saturated rings. The number of para-hydroxylation sites is 1. The maximum absolute atomic E-state index is 11.8. The summed E-state index contributed by atoms with van der Waals surface area (Å²) in [6.45, 7) is 1.92. The molecule has 5 heteroatoms. The van der Waals surface area contributed by atoms with Gasteiger partial charge in [-0.2, -0.15) is 0 Å². The number of carbonyl (C=O) groups is 1. The van der Waals surface area contributed by atoms with E-state index in [2.05, 4.69) is 15.3 Å². The SMILES string of the molecule is Cc1ccccc1NC(=O)c1cnc(N)cn1. The molecule has 86 valence electrons. The summed E-state index contributed by atoms with van der Waals surface area (Å²) in [6.07, 6.45) is 2.70. The normalized spacial score (nSPS) is 9.94. The van der Waals surface area contributed by atoms with Crippen molar-refractivity contribution < 1.29 is 4.79 Å². The molecule has 1 amide bonds. The zero-order chi connectivity index (χ0) is 12.3. The van der Waals surface area contributed by atoms with Gasteiger partial charge in [-0.05, 0) is 18.6 Å². The summed E-state index contributed by atoms with van der Waals surface area (Å²) in [6, 6.07) is 7.52. The summed E-state index contributed by atoms with van der Waals surface area (Å²) < 4.78 is 0. The molecule has 0 unspecified atom stereocenters. The molecule has 0 radical (unpaired) electrons. The van der Waals surface area contributed by atoms with E-state index in [0.29, 0.717) is 0 Å². The first-order valence-corrected chi connectivity index (χ1v) is 5.11. The first-order valence-electron chi connectivity index (χ1n) is 5.11. The first-order chi connectivity index (χ1) is 8.16. The molecule has 1 aromatic carbocycles. The molecule has 2 rings (SSSR count). The Hall–Kier alpha value is -2.43. The van der Waals surface area contributed by atoms with Gasteiger partial charge in [0, 0.05) is 5.69 Å². The summed E-state index contributed by atoms with van der Waals surface area (Å²) in [5.74, 6) is -0.00996. The Kier molecular flexibility index (Phi) is 3.00. The van der Waals surface area contributed by atoms with Crippen LogP contribution in [0.15, 0.2) is 36.7 Å². The number of nitrogens with one attached hydrogen (secondary N) is 1. The van der Waals surface area contributed by atoms with Crippen LogP contribution in [0.2, 0.25) is 0 Å². The number of aryl methyl sites for hydroxylation is 1. The Bertz CT molecular complexity index is 536. The van der Waals surface area contributed by atoms with E-state index in [0.717, 1.165) is 11.3 Å². The number of anilines is 2. The third-order valence-electron chi connectivity index (χ3n) is 2.30. The molecule has 0 aliphatic heterocycles. The van der Waals surface area contributed by atoms with Gasteiger partial charge in [0.1, 0.15) is 11.5 Å². The fourth-order valence-corrected chi connectivity index (χ4v) is 1.35. The number of amides is 1. The van der Waals surface area contributed by atoms with Crippen molar-refractivity contribution in [1.29, 1.82) is 0 Å².